The van der Waals surface area contributed by atoms with Crippen molar-refractivity contribution in [2.24, 2.45) is 5.92 Å². The Morgan fingerprint density at radius 1 is 1.56 bits per heavy atom. The van der Waals surface area contributed by atoms with Crippen LogP contribution in [-0.2, 0) is 4.74 Å². The topological polar surface area (TPSA) is 21.3 Å². The third-order valence-corrected chi connectivity index (χ3v) is 3.12. The van der Waals surface area contributed by atoms with Gasteiger partial charge in [-0.25, -0.2) is 4.39 Å². The van der Waals surface area contributed by atoms with Crippen molar-refractivity contribution in [1.29, 1.82) is 0 Å². The highest BCUT2D eigenvalue weighted by Crippen LogP contribution is 2.35. The third kappa shape index (κ3) is 2.66. The molecule has 0 radical (unpaired) electrons. The second-order valence-corrected chi connectivity index (χ2v) is 4.55. The lowest BCUT2D eigenvalue weighted by atomic mass is 10.2. The van der Waals surface area contributed by atoms with Crippen LogP contribution in [0.2, 0.25) is 5.02 Å². The van der Waals surface area contributed by atoms with Gasteiger partial charge in [0.05, 0.1) is 23.4 Å². The summed E-state index contributed by atoms with van der Waals surface area (Å²) in [5.41, 5.74) is 0.460. The minimum atomic E-state index is -0.383. The summed E-state index contributed by atoms with van der Waals surface area (Å²) in [4.78, 5) is 0. The Morgan fingerprint density at radius 3 is 2.94 bits per heavy atom. The third-order valence-electron chi connectivity index (χ3n) is 2.83. The minimum absolute atomic E-state index is 0.150. The van der Waals surface area contributed by atoms with E-state index in [9.17, 15) is 4.39 Å². The molecule has 2 rings (SSSR count). The molecule has 1 fully saturated rings. The van der Waals surface area contributed by atoms with E-state index in [0.29, 0.717) is 18.2 Å². The highest BCUT2D eigenvalue weighted by Gasteiger charge is 2.31. The van der Waals surface area contributed by atoms with Crippen LogP contribution in [0.25, 0.3) is 0 Å². The van der Waals surface area contributed by atoms with E-state index in [0.717, 1.165) is 0 Å². The quantitative estimate of drug-likeness (QED) is 0.857. The van der Waals surface area contributed by atoms with Gasteiger partial charge < -0.3 is 10.1 Å². The van der Waals surface area contributed by atoms with Gasteiger partial charge >= 0.3 is 0 Å². The average molecular weight is 244 g/mol. The van der Waals surface area contributed by atoms with E-state index in [2.05, 4.69) is 5.32 Å². The summed E-state index contributed by atoms with van der Waals surface area (Å²) in [5, 5.41) is 3.32. The Kier molecular flexibility index (Phi) is 3.66. The normalized spacial score (nSPS) is 17.2. The molecule has 0 bridgehead atoms. The fourth-order valence-corrected chi connectivity index (χ4v) is 1.96. The summed E-state index contributed by atoms with van der Waals surface area (Å²) in [6.45, 7) is 0.594. The van der Waals surface area contributed by atoms with Crippen molar-refractivity contribution < 1.29 is 9.13 Å². The first-order chi connectivity index (χ1) is 7.72. The molecule has 0 spiro atoms. The molecule has 1 unspecified atom stereocenters. The van der Waals surface area contributed by atoms with Crippen molar-refractivity contribution in [2.75, 3.05) is 19.0 Å². The van der Waals surface area contributed by atoms with Gasteiger partial charge in [0.25, 0.3) is 0 Å². The molecule has 88 valence electrons. The predicted molar refractivity (Wildman–Crippen MR) is 63.4 cm³/mol. The van der Waals surface area contributed by atoms with Gasteiger partial charge in [-0.1, -0.05) is 17.7 Å². The van der Waals surface area contributed by atoms with Gasteiger partial charge in [0, 0.05) is 7.11 Å². The van der Waals surface area contributed by atoms with Crippen molar-refractivity contribution in [3.05, 3.63) is 29.0 Å². The zero-order chi connectivity index (χ0) is 11.5. The van der Waals surface area contributed by atoms with Crippen LogP contribution in [-0.4, -0.2) is 19.8 Å². The summed E-state index contributed by atoms with van der Waals surface area (Å²) in [7, 11) is 1.66. The first-order valence-corrected chi connectivity index (χ1v) is 5.79. The molecule has 0 amide bonds. The maximum atomic E-state index is 13.7. The molecule has 0 aliphatic heterocycles. The van der Waals surface area contributed by atoms with Crippen LogP contribution >= 0.6 is 11.6 Å². The van der Waals surface area contributed by atoms with Crippen LogP contribution in [0, 0.1) is 11.7 Å². The van der Waals surface area contributed by atoms with E-state index >= 15 is 0 Å². The molecular weight excluding hydrogens is 229 g/mol. The van der Waals surface area contributed by atoms with E-state index in [1.165, 1.54) is 12.8 Å². The number of hydrogen-bond donors (Lipinski definition) is 1. The maximum Gasteiger partial charge on any atom is 0.164 e. The molecule has 1 aliphatic carbocycles. The number of hydrogen-bond acceptors (Lipinski definition) is 2. The average Bonchev–Trinajstić information content (AvgIpc) is 3.07. The Labute approximate surface area is 99.7 Å². The number of rotatable bonds is 5. The molecule has 16 heavy (non-hydrogen) atoms. The van der Waals surface area contributed by atoms with E-state index in [-0.39, 0.29) is 16.9 Å². The van der Waals surface area contributed by atoms with Crippen LogP contribution in [0.4, 0.5) is 10.1 Å². The van der Waals surface area contributed by atoms with E-state index in [4.69, 9.17) is 16.3 Å². The standard InChI is InChI=1S/C12H15ClFNO/c1-16-7-11(8-5-6-8)15-10-4-2-3-9(13)12(10)14/h2-4,8,11,15H,5-7H2,1H3. The van der Waals surface area contributed by atoms with Crippen molar-refractivity contribution in [2.45, 2.75) is 18.9 Å². The number of nitrogens with one attached hydrogen (secondary N) is 1. The second-order valence-electron chi connectivity index (χ2n) is 4.14. The first-order valence-electron chi connectivity index (χ1n) is 5.42. The Morgan fingerprint density at radius 2 is 2.31 bits per heavy atom. The molecule has 0 saturated heterocycles. The Balaban J connectivity index is 2.08. The highest BCUT2D eigenvalue weighted by molar-refractivity contribution is 6.31. The zero-order valence-electron chi connectivity index (χ0n) is 9.17. The number of anilines is 1. The lowest BCUT2D eigenvalue weighted by Gasteiger charge is -2.19. The van der Waals surface area contributed by atoms with Crippen LogP contribution < -0.4 is 5.32 Å². The number of methoxy groups -OCH3 is 1. The lowest BCUT2D eigenvalue weighted by Crippen LogP contribution is -2.27. The SMILES string of the molecule is COCC(Nc1cccc(Cl)c1F)C1CC1. The van der Waals surface area contributed by atoms with Crippen LogP contribution in [0.1, 0.15) is 12.8 Å². The summed E-state index contributed by atoms with van der Waals surface area (Å²) in [5.74, 6) is 0.212. The molecule has 1 saturated carbocycles. The molecule has 1 N–H and O–H groups in total. The summed E-state index contributed by atoms with van der Waals surface area (Å²) in [6.07, 6.45) is 2.37. The first kappa shape index (κ1) is 11.7. The maximum absolute atomic E-state index is 13.7. The van der Waals surface area contributed by atoms with E-state index in [1.54, 1.807) is 25.3 Å². The van der Waals surface area contributed by atoms with Gasteiger partial charge in [0.15, 0.2) is 5.82 Å². The minimum Gasteiger partial charge on any atom is -0.383 e. The van der Waals surface area contributed by atoms with Gasteiger partial charge in [-0.2, -0.15) is 0 Å². The lowest BCUT2D eigenvalue weighted by molar-refractivity contribution is 0.179. The largest absolute Gasteiger partial charge is 0.383 e. The molecule has 1 atom stereocenters. The van der Waals surface area contributed by atoms with Gasteiger partial charge in [-0.05, 0) is 30.9 Å². The molecule has 0 heterocycles. The van der Waals surface area contributed by atoms with Crippen LogP contribution in [0.5, 0.6) is 0 Å². The summed E-state index contributed by atoms with van der Waals surface area (Å²) in [6, 6.07) is 5.17. The molecule has 0 aromatic heterocycles. The number of benzene rings is 1. The number of ether oxygens (including phenoxy) is 1. The van der Waals surface area contributed by atoms with Gasteiger partial charge in [-0.15, -0.1) is 0 Å². The second kappa shape index (κ2) is 5.02. The molecule has 2 nitrogen and oxygen atoms in total. The van der Waals surface area contributed by atoms with E-state index < -0.39 is 0 Å². The number of halogens is 2. The predicted octanol–water partition coefficient (Wildman–Crippen LogP) is 3.32. The van der Waals surface area contributed by atoms with E-state index in [1.807, 2.05) is 0 Å². The monoisotopic (exact) mass is 243 g/mol. The molecule has 1 aromatic carbocycles. The van der Waals surface area contributed by atoms with Crippen molar-refractivity contribution >= 4 is 17.3 Å². The van der Waals surface area contributed by atoms with Crippen molar-refractivity contribution in [3.8, 4) is 0 Å². The smallest absolute Gasteiger partial charge is 0.164 e. The van der Waals surface area contributed by atoms with Gasteiger partial charge in [-0.3, -0.25) is 0 Å². The summed E-state index contributed by atoms with van der Waals surface area (Å²) < 4.78 is 18.8. The molecule has 4 heteroatoms. The zero-order valence-corrected chi connectivity index (χ0v) is 9.93. The van der Waals surface area contributed by atoms with Gasteiger partial charge in [0.1, 0.15) is 0 Å². The van der Waals surface area contributed by atoms with Crippen molar-refractivity contribution in [1.82, 2.24) is 0 Å². The molecule has 1 aromatic rings. The van der Waals surface area contributed by atoms with Crippen molar-refractivity contribution in [3.63, 3.8) is 0 Å². The fourth-order valence-electron chi connectivity index (χ4n) is 1.79. The fraction of sp³-hybridized carbons (Fsp3) is 0.500. The van der Waals surface area contributed by atoms with Crippen LogP contribution in [0.3, 0.4) is 0 Å². The van der Waals surface area contributed by atoms with Gasteiger partial charge in [0.2, 0.25) is 0 Å². The molecular formula is C12H15ClFNO. The highest BCUT2D eigenvalue weighted by atomic mass is 35.5. The van der Waals surface area contributed by atoms with Crippen LogP contribution in [0.15, 0.2) is 18.2 Å². The molecule has 1 aliphatic rings. The Hall–Kier alpha value is -0.800. The Bertz CT molecular complexity index is 368. The summed E-state index contributed by atoms with van der Waals surface area (Å²) >= 11 is 5.72.